The molecule has 1 heterocycles. The van der Waals surface area contributed by atoms with Crippen LogP contribution in [0, 0.1) is 0 Å². The van der Waals surface area contributed by atoms with Gasteiger partial charge in [0.15, 0.2) is 0 Å². The van der Waals surface area contributed by atoms with Crippen molar-refractivity contribution in [2.45, 2.75) is 57.2 Å². The first-order chi connectivity index (χ1) is 8.15. The predicted molar refractivity (Wildman–Crippen MR) is 68.7 cm³/mol. The molecule has 1 saturated carbocycles. The van der Waals surface area contributed by atoms with Crippen LogP contribution in [-0.4, -0.2) is 54.0 Å². The minimum atomic E-state index is 0.0109. The number of carbonyl (C=O) groups excluding carboxylic acids is 1. The van der Waals surface area contributed by atoms with E-state index < -0.39 is 0 Å². The summed E-state index contributed by atoms with van der Waals surface area (Å²) in [5.41, 5.74) is 5.62. The van der Waals surface area contributed by atoms with Gasteiger partial charge in [-0.25, -0.2) is 0 Å². The molecule has 98 valence electrons. The number of hydrogen-bond acceptors (Lipinski definition) is 3. The first-order valence-electron chi connectivity index (χ1n) is 6.87. The number of rotatable bonds is 3. The summed E-state index contributed by atoms with van der Waals surface area (Å²) in [6, 6.07) is 0.855. The number of hydrogen-bond donors (Lipinski definition) is 1. The lowest BCUT2D eigenvalue weighted by Crippen LogP contribution is -2.62. The van der Waals surface area contributed by atoms with Crippen LogP contribution >= 0.6 is 0 Å². The van der Waals surface area contributed by atoms with E-state index in [1.165, 1.54) is 25.7 Å². The third-order valence-electron chi connectivity index (χ3n) is 4.26. The second-order valence-corrected chi connectivity index (χ2v) is 5.57. The minimum absolute atomic E-state index is 0.0109. The maximum absolute atomic E-state index is 12.6. The van der Waals surface area contributed by atoms with E-state index in [1.807, 2.05) is 7.05 Å². The Morgan fingerprint density at radius 2 is 2.00 bits per heavy atom. The van der Waals surface area contributed by atoms with Gasteiger partial charge in [-0.1, -0.05) is 12.8 Å². The van der Waals surface area contributed by atoms with Crippen LogP contribution in [0.3, 0.4) is 0 Å². The van der Waals surface area contributed by atoms with Crippen molar-refractivity contribution in [1.82, 2.24) is 9.80 Å². The van der Waals surface area contributed by atoms with Crippen molar-refractivity contribution in [3.63, 3.8) is 0 Å². The van der Waals surface area contributed by atoms with Crippen LogP contribution in [-0.2, 0) is 4.79 Å². The molecule has 0 bridgehead atoms. The smallest absolute Gasteiger partial charge is 0.240 e. The summed E-state index contributed by atoms with van der Waals surface area (Å²) in [4.78, 5) is 16.9. The third-order valence-corrected chi connectivity index (χ3v) is 4.26. The van der Waals surface area contributed by atoms with Crippen molar-refractivity contribution in [3.8, 4) is 0 Å². The topological polar surface area (TPSA) is 49.6 Å². The van der Waals surface area contributed by atoms with Gasteiger partial charge in [0.2, 0.25) is 5.91 Å². The van der Waals surface area contributed by atoms with Crippen LogP contribution < -0.4 is 5.73 Å². The second kappa shape index (κ2) is 5.36. The van der Waals surface area contributed by atoms with E-state index in [1.54, 1.807) is 0 Å². The number of nitrogens with zero attached hydrogens (tertiary/aromatic N) is 2. The first kappa shape index (κ1) is 12.8. The van der Waals surface area contributed by atoms with Gasteiger partial charge >= 0.3 is 0 Å². The van der Waals surface area contributed by atoms with Gasteiger partial charge in [-0.3, -0.25) is 9.69 Å². The fourth-order valence-corrected chi connectivity index (χ4v) is 3.43. The van der Waals surface area contributed by atoms with E-state index in [2.05, 4.69) is 16.7 Å². The SMILES string of the molecule is CC1CN(C)C(CCN)C(=O)N1C1CCCC1. The van der Waals surface area contributed by atoms with E-state index in [0.717, 1.165) is 13.0 Å². The number of nitrogens with two attached hydrogens (primary N) is 1. The van der Waals surface area contributed by atoms with Crippen LogP contribution in [0.25, 0.3) is 0 Å². The molecular formula is C13H25N3O. The molecule has 1 aliphatic carbocycles. The number of carbonyl (C=O) groups is 1. The zero-order chi connectivity index (χ0) is 12.4. The van der Waals surface area contributed by atoms with Gasteiger partial charge in [0.05, 0.1) is 6.04 Å². The Bertz CT molecular complexity index is 276. The summed E-state index contributed by atoms with van der Waals surface area (Å²) in [6.45, 7) is 3.74. The van der Waals surface area contributed by atoms with Crippen LogP contribution in [0.4, 0.5) is 0 Å². The lowest BCUT2D eigenvalue weighted by atomic mass is 10.0. The van der Waals surface area contributed by atoms with E-state index in [9.17, 15) is 4.79 Å². The number of likely N-dealkylation sites (N-methyl/N-ethyl adjacent to an activating group) is 1. The van der Waals surface area contributed by atoms with Crippen LogP contribution in [0.5, 0.6) is 0 Å². The van der Waals surface area contributed by atoms with Crippen molar-refractivity contribution in [2.24, 2.45) is 5.73 Å². The van der Waals surface area contributed by atoms with Gasteiger partial charge in [-0.2, -0.15) is 0 Å². The quantitative estimate of drug-likeness (QED) is 0.793. The summed E-state index contributed by atoms with van der Waals surface area (Å²) in [6.07, 6.45) is 5.71. The van der Waals surface area contributed by atoms with Gasteiger partial charge in [0.1, 0.15) is 0 Å². The largest absolute Gasteiger partial charge is 0.334 e. The molecule has 0 aromatic carbocycles. The van der Waals surface area contributed by atoms with Crippen molar-refractivity contribution < 1.29 is 4.79 Å². The highest BCUT2D eigenvalue weighted by molar-refractivity contribution is 5.83. The molecule has 1 amide bonds. The Labute approximate surface area is 104 Å². The van der Waals surface area contributed by atoms with E-state index in [0.29, 0.717) is 24.5 Å². The van der Waals surface area contributed by atoms with Gasteiger partial charge in [0, 0.05) is 18.6 Å². The molecule has 0 radical (unpaired) electrons. The maximum atomic E-state index is 12.6. The second-order valence-electron chi connectivity index (χ2n) is 5.57. The minimum Gasteiger partial charge on any atom is -0.334 e. The molecule has 2 N–H and O–H groups in total. The van der Waals surface area contributed by atoms with Crippen molar-refractivity contribution in [1.29, 1.82) is 0 Å². The fourth-order valence-electron chi connectivity index (χ4n) is 3.43. The van der Waals surface area contributed by atoms with Crippen LogP contribution in [0.1, 0.15) is 39.0 Å². The van der Waals surface area contributed by atoms with Gasteiger partial charge < -0.3 is 10.6 Å². The molecule has 2 fully saturated rings. The van der Waals surface area contributed by atoms with E-state index >= 15 is 0 Å². The zero-order valence-corrected chi connectivity index (χ0v) is 11.1. The molecule has 2 unspecified atom stereocenters. The lowest BCUT2D eigenvalue weighted by molar-refractivity contribution is -0.147. The zero-order valence-electron chi connectivity index (χ0n) is 11.1. The Balaban J connectivity index is 2.10. The van der Waals surface area contributed by atoms with Crippen molar-refractivity contribution >= 4 is 5.91 Å². The molecule has 2 rings (SSSR count). The molecule has 4 nitrogen and oxygen atoms in total. The highest BCUT2D eigenvalue weighted by Gasteiger charge is 2.40. The fraction of sp³-hybridized carbons (Fsp3) is 0.923. The summed E-state index contributed by atoms with van der Waals surface area (Å²) >= 11 is 0. The summed E-state index contributed by atoms with van der Waals surface area (Å²) in [7, 11) is 2.04. The Hall–Kier alpha value is -0.610. The molecule has 17 heavy (non-hydrogen) atoms. The standard InChI is InChI=1S/C13H25N3O/c1-10-9-15(2)12(7-8-14)13(17)16(10)11-5-3-4-6-11/h10-12H,3-9,14H2,1-2H3. The number of piperazine rings is 1. The first-order valence-corrected chi connectivity index (χ1v) is 6.87. The van der Waals surface area contributed by atoms with Gasteiger partial charge in [-0.05, 0) is 39.8 Å². The molecule has 0 aromatic rings. The molecule has 1 saturated heterocycles. The summed E-state index contributed by atoms with van der Waals surface area (Å²) in [5, 5.41) is 0. The number of amides is 1. The third kappa shape index (κ3) is 2.47. The molecular weight excluding hydrogens is 214 g/mol. The normalized spacial score (nSPS) is 32.4. The summed E-state index contributed by atoms with van der Waals surface area (Å²) < 4.78 is 0. The highest BCUT2D eigenvalue weighted by Crippen LogP contribution is 2.29. The highest BCUT2D eigenvalue weighted by atomic mass is 16.2. The molecule has 1 aliphatic heterocycles. The Morgan fingerprint density at radius 3 is 2.59 bits per heavy atom. The maximum Gasteiger partial charge on any atom is 0.240 e. The van der Waals surface area contributed by atoms with Gasteiger partial charge in [0.25, 0.3) is 0 Å². The predicted octanol–water partition coefficient (Wildman–Crippen LogP) is 0.809. The molecule has 2 atom stereocenters. The van der Waals surface area contributed by atoms with Crippen LogP contribution in [0.15, 0.2) is 0 Å². The van der Waals surface area contributed by atoms with Gasteiger partial charge in [-0.15, -0.1) is 0 Å². The van der Waals surface area contributed by atoms with E-state index in [4.69, 9.17) is 5.73 Å². The van der Waals surface area contributed by atoms with Crippen molar-refractivity contribution in [2.75, 3.05) is 20.1 Å². The molecule has 4 heteroatoms. The average molecular weight is 239 g/mol. The monoisotopic (exact) mass is 239 g/mol. The molecule has 0 spiro atoms. The average Bonchev–Trinajstić information content (AvgIpc) is 2.77. The molecule has 2 aliphatic rings. The Kier molecular flexibility index (Phi) is 4.05. The summed E-state index contributed by atoms with van der Waals surface area (Å²) in [5.74, 6) is 0.309. The van der Waals surface area contributed by atoms with Crippen LogP contribution in [0.2, 0.25) is 0 Å². The van der Waals surface area contributed by atoms with Crippen molar-refractivity contribution in [3.05, 3.63) is 0 Å². The molecule has 0 aromatic heterocycles. The lowest BCUT2D eigenvalue weighted by Gasteiger charge is -2.46. The Morgan fingerprint density at radius 1 is 1.35 bits per heavy atom. The van der Waals surface area contributed by atoms with E-state index in [-0.39, 0.29) is 6.04 Å².